The van der Waals surface area contributed by atoms with Gasteiger partial charge in [-0.05, 0) is 101 Å². The molecule has 1 aliphatic rings. The smallest absolute Gasteiger partial charge is 0.273 e. The van der Waals surface area contributed by atoms with Gasteiger partial charge in [0, 0.05) is 5.41 Å². The third kappa shape index (κ3) is 6.21. The minimum Gasteiger partial charge on any atom is -0.548 e. The summed E-state index contributed by atoms with van der Waals surface area (Å²) in [5.74, 6) is -24.6. The Morgan fingerprint density at radius 2 is 0.810 bits per heavy atom. The van der Waals surface area contributed by atoms with Crippen molar-refractivity contribution in [3.8, 4) is 11.5 Å². The average molecular weight is 825 g/mol. The van der Waals surface area contributed by atoms with Gasteiger partial charge in [0.15, 0.2) is 34.9 Å². The number of hydrogen-bond donors (Lipinski definition) is 0. The standard InChI is InChI=1S/C45H35BF10OP/c1-19-15-21(3)43(22(4)16-19)58(44-23(5)17-20(2)18-24(44)6)28-14-10-12-26-42(28)57-41-25(45(26,7)8)11-9-13-27(41)46(29-31(47)35(51)39(55)36(52)32(29)48)30-33(49)37(53)40(56)38(54)34(30)50/h9-18,46H,1-8H3/q-1/p+1. The van der Waals surface area contributed by atoms with Crippen molar-refractivity contribution in [2.24, 2.45) is 0 Å². The lowest BCUT2D eigenvalue weighted by Gasteiger charge is -2.38. The summed E-state index contributed by atoms with van der Waals surface area (Å²) in [7, 11) is -1.47. The highest BCUT2D eigenvalue weighted by Gasteiger charge is 2.44. The van der Waals surface area contributed by atoms with E-state index in [2.05, 4.69) is 24.3 Å². The molecule has 7 rings (SSSR count). The summed E-state index contributed by atoms with van der Waals surface area (Å²) in [6.45, 7) is 11.6. The van der Waals surface area contributed by atoms with E-state index in [9.17, 15) is 26.3 Å². The van der Waals surface area contributed by atoms with Crippen molar-refractivity contribution < 1.29 is 48.6 Å². The Kier molecular flexibility index (Phi) is 10.4. The van der Waals surface area contributed by atoms with Crippen LogP contribution in [0.15, 0.2) is 60.7 Å². The number of hydrogen-bond acceptors (Lipinski definition) is 0. The van der Waals surface area contributed by atoms with Gasteiger partial charge >= 0.3 is 0 Å². The van der Waals surface area contributed by atoms with Crippen LogP contribution in [0.4, 0.5) is 43.9 Å². The van der Waals surface area contributed by atoms with Gasteiger partial charge in [-0.2, -0.15) is 0 Å². The van der Waals surface area contributed by atoms with Crippen molar-refractivity contribution in [2.45, 2.75) is 60.8 Å². The molecule has 0 atom stereocenters. The van der Waals surface area contributed by atoms with Crippen LogP contribution in [0.5, 0.6) is 11.5 Å². The molecule has 0 saturated carbocycles. The molecule has 0 radical (unpaired) electrons. The Hall–Kier alpha value is -5.09. The number of para-hydroxylation sites is 2. The second-order valence-corrected chi connectivity index (χ2v) is 17.7. The first-order valence-corrected chi connectivity index (χ1v) is 19.7. The fourth-order valence-corrected chi connectivity index (χ4v) is 12.0. The minimum absolute atomic E-state index is 0.162. The quantitative estimate of drug-likeness (QED) is 0.0397. The van der Waals surface area contributed by atoms with Gasteiger partial charge in [0.2, 0.25) is 5.75 Å². The fraction of sp³-hybridized carbons (Fsp3) is 0.200. The van der Waals surface area contributed by atoms with Crippen molar-refractivity contribution in [1.29, 1.82) is 0 Å². The van der Waals surface area contributed by atoms with E-state index < -0.39 is 94.6 Å². The number of halogens is 10. The van der Waals surface area contributed by atoms with Gasteiger partial charge in [-0.3, -0.25) is 0 Å². The van der Waals surface area contributed by atoms with Gasteiger partial charge in [0.25, 0.3) is 5.75 Å². The van der Waals surface area contributed by atoms with E-state index in [0.29, 0.717) is 16.9 Å². The maximum atomic E-state index is 15.9. The first kappa shape index (κ1) is 41.1. The second-order valence-electron chi connectivity index (χ2n) is 15.7. The van der Waals surface area contributed by atoms with Gasteiger partial charge in [-0.25, -0.2) is 43.9 Å². The molecule has 0 saturated heterocycles. The van der Waals surface area contributed by atoms with Gasteiger partial charge in [0.05, 0.1) is 23.1 Å². The molecule has 6 aromatic carbocycles. The Morgan fingerprint density at radius 3 is 1.21 bits per heavy atom. The SMILES string of the molecule is Cc1cc(C)c(P(c2cccc3c2[OH+]c2c([BH-](c4c(F)c(F)c(F)c(F)c4F)c4c(F)c(F)c(F)c(F)c4F)cccc2C3(C)C)c2c(C)cc(C)cc2C)c(C)c1. The van der Waals surface area contributed by atoms with Crippen molar-refractivity contribution in [2.75, 3.05) is 0 Å². The summed E-state index contributed by atoms with van der Waals surface area (Å²) in [4.78, 5) is 0. The molecule has 1 N–H and O–H groups in total. The van der Waals surface area contributed by atoms with Gasteiger partial charge in [-0.15, -0.1) is 16.4 Å². The van der Waals surface area contributed by atoms with Crippen LogP contribution in [0.2, 0.25) is 0 Å². The van der Waals surface area contributed by atoms with E-state index in [4.69, 9.17) is 4.74 Å². The second kappa shape index (κ2) is 14.6. The van der Waals surface area contributed by atoms with Crippen LogP contribution < -0.4 is 32.3 Å². The highest BCUT2D eigenvalue weighted by atomic mass is 31.1. The molecule has 58 heavy (non-hydrogen) atoms. The lowest BCUT2D eigenvalue weighted by Crippen LogP contribution is -2.58. The van der Waals surface area contributed by atoms with Crippen molar-refractivity contribution in [1.82, 2.24) is 0 Å². The van der Waals surface area contributed by atoms with Crippen LogP contribution in [0.3, 0.4) is 0 Å². The third-order valence-corrected chi connectivity index (χ3v) is 14.5. The van der Waals surface area contributed by atoms with Crippen LogP contribution in [0, 0.1) is 99.7 Å². The summed E-state index contributed by atoms with van der Waals surface area (Å²) in [6, 6.07) is 17.9. The first-order valence-electron chi connectivity index (χ1n) is 18.4. The van der Waals surface area contributed by atoms with Gasteiger partial charge in [-0.1, -0.05) is 67.4 Å². The lowest BCUT2D eigenvalue weighted by molar-refractivity contribution is 0.181. The molecule has 1 heterocycles. The number of ether oxygens (including phenoxy) is 1. The lowest BCUT2D eigenvalue weighted by atomic mass is 9.35. The fourth-order valence-electron chi connectivity index (χ4n) is 8.99. The Balaban J connectivity index is 1.59. The highest BCUT2D eigenvalue weighted by Crippen LogP contribution is 2.51. The summed E-state index contributed by atoms with van der Waals surface area (Å²) in [5, 5.41) is 2.79. The predicted octanol–water partition coefficient (Wildman–Crippen LogP) is 9.23. The molecule has 300 valence electrons. The molecule has 0 bridgehead atoms. The highest BCUT2D eigenvalue weighted by molar-refractivity contribution is 7.80. The molecule has 0 fully saturated rings. The van der Waals surface area contributed by atoms with Crippen LogP contribution in [-0.4, -0.2) is 11.4 Å². The number of aromatic hydroxyl groups is 2. The Bertz CT molecular complexity index is 2500. The maximum Gasteiger partial charge on any atom is 0.273 e. The third-order valence-electron chi connectivity index (χ3n) is 11.4. The zero-order valence-corrected chi connectivity index (χ0v) is 33.5. The molecule has 0 aliphatic carbocycles. The normalized spacial score (nSPS) is 13.2. The van der Waals surface area contributed by atoms with Crippen LogP contribution in [0.25, 0.3) is 0 Å². The van der Waals surface area contributed by atoms with Gasteiger partial charge in [0.1, 0.15) is 23.3 Å². The molecule has 0 spiro atoms. The molecule has 1 nitrogen and oxygen atoms in total. The summed E-state index contributed by atoms with van der Waals surface area (Å²) in [6.07, 6.45) is 0. The van der Waals surface area contributed by atoms with Crippen LogP contribution in [-0.2, 0) is 5.41 Å². The molecule has 0 amide bonds. The van der Waals surface area contributed by atoms with E-state index in [1.54, 1.807) is 19.9 Å². The van der Waals surface area contributed by atoms with Crippen molar-refractivity contribution in [3.05, 3.63) is 163 Å². The first-order chi connectivity index (χ1) is 27.2. The largest absolute Gasteiger partial charge is 0.548 e. The van der Waals surface area contributed by atoms with E-state index >= 15 is 17.6 Å². The Labute approximate surface area is 330 Å². The minimum atomic E-state index is -4.08. The molecular weight excluding hydrogens is 788 g/mol. The Morgan fingerprint density at radius 1 is 0.466 bits per heavy atom. The van der Waals surface area contributed by atoms with Crippen molar-refractivity contribution >= 4 is 46.9 Å². The molecule has 13 heteroatoms. The number of benzene rings is 6. The summed E-state index contributed by atoms with van der Waals surface area (Å²) in [5.41, 5.74) is 2.08. The van der Waals surface area contributed by atoms with E-state index in [-0.39, 0.29) is 5.75 Å². The van der Waals surface area contributed by atoms with E-state index in [1.807, 2.05) is 59.7 Å². The monoisotopic (exact) mass is 824 g/mol. The van der Waals surface area contributed by atoms with Crippen LogP contribution >= 0.6 is 7.92 Å². The number of aryl methyl sites for hydroxylation is 6. The maximum absolute atomic E-state index is 15.9. The summed E-state index contributed by atoms with van der Waals surface area (Å²) < 4.78 is 157. The summed E-state index contributed by atoms with van der Waals surface area (Å²) >= 11 is 0. The zero-order valence-electron chi connectivity index (χ0n) is 32.7. The zero-order chi connectivity index (χ0) is 42.4. The van der Waals surface area contributed by atoms with E-state index in [0.717, 1.165) is 55.4 Å². The average Bonchev–Trinajstić information content (AvgIpc) is 3.15. The molecule has 1 aliphatic heterocycles. The predicted molar refractivity (Wildman–Crippen MR) is 212 cm³/mol. The van der Waals surface area contributed by atoms with Gasteiger partial charge < -0.3 is 4.74 Å². The molecule has 0 aromatic heterocycles. The molecule has 6 aromatic rings. The molecule has 0 unspecified atom stereocenters. The van der Waals surface area contributed by atoms with E-state index in [1.165, 1.54) is 6.07 Å². The number of rotatable bonds is 6. The van der Waals surface area contributed by atoms with Crippen molar-refractivity contribution in [3.63, 3.8) is 0 Å². The van der Waals surface area contributed by atoms with Crippen LogP contribution in [0.1, 0.15) is 58.4 Å². The molecular formula is C45H36BF10OP. The topological polar surface area (TPSA) is 12.8 Å². The number of fused-ring (bicyclic) bond motifs is 2.